The van der Waals surface area contributed by atoms with E-state index in [0.29, 0.717) is 24.3 Å². The molecule has 0 unspecified atom stereocenters. The molecule has 7 nitrogen and oxygen atoms in total. The summed E-state index contributed by atoms with van der Waals surface area (Å²) in [6.07, 6.45) is 2.04. The number of hydrogen-bond donors (Lipinski definition) is 0. The number of methoxy groups -OCH3 is 2. The van der Waals surface area contributed by atoms with Crippen molar-refractivity contribution in [3.05, 3.63) is 59.7 Å². The van der Waals surface area contributed by atoms with Crippen LogP contribution in [0.1, 0.15) is 18.4 Å². The molecule has 0 saturated carbocycles. The van der Waals surface area contributed by atoms with E-state index in [1.54, 1.807) is 18.2 Å². The van der Waals surface area contributed by atoms with Gasteiger partial charge in [-0.25, -0.2) is 4.79 Å². The van der Waals surface area contributed by atoms with Crippen molar-refractivity contribution in [1.82, 2.24) is 0 Å². The van der Waals surface area contributed by atoms with Crippen molar-refractivity contribution in [2.45, 2.75) is 12.8 Å². The first-order valence-electron chi connectivity index (χ1n) is 8.84. The Hall–Kier alpha value is -3.79. The molecule has 0 N–H and O–H groups in total. The fraction of sp³-hybridized carbons (Fsp3) is 0.227. The predicted molar refractivity (Wildman–Crippen MR) is 105 cm³/mol. The number of esters is 2. The SMILES string of the molecule is COC(=O)C(C#N)=Cc1ccc(OC(=O)CCCOc2ccccc2)c(OC)c1. The van der Waals surface area contributed by atoms with Crippen molar-refractivity contribution < 1.29 is 28.5 Å². The molecule has 0 aliphatic rings. The lowest BCUT2D eigenvalue weighted by molar-refractivity contribution is -0.136. The van der Waals surface area contributed by atoms with E-state index in [2.05, 4.69) is 4.74 Å². The molecular formula is C22H21NO6. The van der Waals surface area contributed by atoms with Gasteiger partial charge in [0.2, 0.25) is 0 Å². The summed E-state index contributed by atoms with van der Waals surface area (Å²) in [5.41, 5.74) is 0.373. The lowest BCUT2D eigenvalue weighted by atomic mass is 10.1. The molecule has 0 spiro atoms. The number of ether oxygens (including phenoxy) is 4. The highest BCUT2D eigenvalue weighted by atomic mass is 16.6. The Labute approximate surface area is 169 Å². The average Bonchev–Trinajstić information content (AvgIpc) is 2.76. The molecule has 2 aromatic carbocycles. The summed E-state index contributed by atoms with van der Waals surface area (Å²) in [6.45, 7) is 0.393. The molecule has 29 heavy (non-hydrogen) atoms. The third kappa shape index (κ3) is 6.70. The third-order valence-corrected chi connectivity index (χ3v) is 3.79. The van der Waals surface area contributed by atoms with Crippen LogP contribution in [0.3, 0.4) is 0 Å². The van der Waals surface area contributed by atoms with Gasteiger partial charge < -0.3 is 18.9 Å². The highest BCUT2D eigenvalue weighted by Crippen LogP contribution is 2.29. The molecule has 0 saturated heterocycles. The summed E-state index contributed by atoms with van der Waals surface area (Å²) >= 11 is 0. The van der Waals surface area contributed by atoms with Crippen LogP contribution >= 0.6 is 0 Å². The maximum Gasteiger partial charge on any atom is 0.348 e. The number of carbonyl (C=O) groups excluding carboxylic acids is 2. The monoisotopic (exact) mass is 395 g/mol. The predicted octanol–water partition coefficient (Wildman–Crippen LogP) is 3.54. The molecule has 0 aromatic heterocycles. The van der Waals surface area contributed by atoms with Crippen LogP contribution in [0.4, 0.5) is 0 Å². The molecule has 0 amide bonds. The summed E-state index contributed by atoms with van der Waals surface area (Å²) in [7, 11) is 2.63. The Morgan fingerprint density at radius 1 is 1.07 bits per heavy atom. The Kier molecular flexibility index (Phi) is 8.27. The first-order valence-corrected chi connectivity index (χ1v) is 8.84. The Bertz CT molecular complexity index is 915. The lowest BCUT2D eigenvalue weighted by Crippen LogP contribution is -2.10. The minimum Gasteiger partial charge on any atom is -0.494 e. The quantitative estimate of drug-likeness (QED) is 0.211. The smallest absolute Gasteiger partial charge is 0.348 e. The summed E-state index contributed by atoms with van der Waals surface area (Å²) in [5, 5.41) is 9.03. The third-order valence-electron chi connectivity index (χ3n) is 3.79. The minimum atomic E-state index is -0.736. The standard InChI is InChI=1S/C22H21NO6/c1-26-20-14-16(13-17(15-23)22(25)27-2)10-11-19(20)29-21(24)9-6-12-28-18-7-4-3-5-8-18/h3-5,7-8,10-11,13-14H,6,9,12H2,1-2H3. The zero-order valence-corrected chi connectivity index (χ0v) is 16.2. The van der Waals surface area contributed by atoms with E-state index in [9.17, 15) is 9.59 Å². The van der Waals surface area contributed by atoms with Crippen LogP contribution in [-0.4, -0.2) is 32.8 Å². The zero-order valence-electron chi connectivity index (χ0n) is 16.2. The van der Waals surface area contributed by atoms with E-state index in [4.69, 9.17) is 19.5 Å². The molecule has 150 valence electrons. The van der Waals surface area contributed by atoms with Crippen LogP contribution in [0.5, 0.6) is 17.2 Å². The van der Waals surface area contributed by atoms with Gasteiger partial charge in [-0.3, -0.25) is 4.79 Å². The number of nitriles is 1. The largest absolute Gasteiger partial charge is 0.494 e. The van der Waals surface area contributed by atoms with Crippen molar-refractivity contribution in [2.24, 2.45) is 0 Å². The van der Waals surface area contributed by atoms with Crippen LogP contribution in [0, 0.1) is 11.3 Å². The van der Waals surface area contributed by atoms with Crippen molar-refractivity contribution in [1.29, 1.82) is 5.26 Å². The van der Waals surface area contributed by atoms with E-state index in [1.165, 1.54) is 26.4 Å². The maximum absolute atomic E-state index is 12.1. The first kappa shape index (κ1) is 21.5. The number of rotatable bonds is 9. The van der Waals surface area contributed by atoms with E-state index in [1.807, 2.05) is 30.3 Å². The molecule has 0 heterocycles. The molecule has 7 heteroatoms. The van der Waals surface area contributed by atoms with Crippen LogP contribution in [-0.2, 0) is 14.3 Å². The van der Waals surface area contributed by atoms with Crippen molar-refractivity contribution in [2.75, 3.05) is 20.8 Å². The second-order valence-electron chi connectivity index (χ2n) is 5.81. The van der Waals surface area contributed by atoms with Crippen molar-refractivity contribution in [3.8, 4) is 23.3 Å². The van der Waals surface area contributed by atoms with Crippen molar-refractivity contribution in [3.63, 3.8) is 0 Å². The maximum atomic E-state index is 12.1. The van der Waals surface area contributed by atoms with E-state index >= 15 is 0 Å². The van der Waals surface area contributed by atoms with Gasteiger partial charge in [0.05, 0.1) is 20.8 Å². The normalized spacial score (nSPS) is 10.6. The number of benzene rings is 2. The highest BCUT2D eigenvalue weighted by Gasteiger charge is 2.13. The second-order valence-corrected chi connectivity index (χ2v) is 5.81. The molecule has 0 aliphatic carbocycles. The van der Waals surface area contributed by atoms with E-state index in [-0.39, 0.29) is 17.7 Å². The number of para-hydroxylation sites is 1. The number of hydrogen-bond acceptors (Lipinski definition) is 7. The molecule has 0 fully saturated rings. The van der Waals surface area contributed by atoms with Crippen LogP contribution < -0.4 is 14.2 Å². The van der Waals surface area contributed by atoms with Gasteiger partial charge in [0.1, 0.15) is 17.4 Å². The van der Waals surface area contributed by atoms with E-state index in [0.717, 1.165) is 5.75 Å². The molecule has 0 radical (unpaired) electrons. The van der Waals surface area contributed by atoms with Crippen LogP contribution in [0.15, 0.2) is 54.1 Å². The van der Waals surface area contributed by atoms with Gasteiger partial charge in [-0.2, -0.15) is 5.26 Å². The summed E-state index contributed by atoms with van der Waals surface area (Å²) in [6, 6.07) is 15.8. The summed E-state index contributed by atoms with van der Waals surface area (Å²) in [4.78, 5) is 23.6. The topological polar surface area (TPSA) is 94.9 Å². The van der Waals surface area contributed by atoms with Gasteiger partial charge in [0, 0.05) is 6.42 Å². The van der Waals surface area contributed by atoms with Crippen LogP contribution in [0.25, 0.3) is 6.08 Å². The Balaban J connectivity index is 1.94. The van der Waals surface area contributed by atoms with E-state index < -0.39 is 11.9 Å². The molecule has 0 atom stereocenters. The number of carbonyl (C=O) groups is 2. The van der Waals surface area contributed by atoms with Gasteiger partial charge in [-0.15, -0.1) is 0 Å². The molecule has 0 bridgehead atoms. The lowest BCUT2D eigenvalue weighted by Gasteiger charge is -2.10. The highest BCUT2D eigenvalue weighted by molar-refractivity contribution is 5.97. The summed E-state index contributed by atoms with van der Waals surface area (Å²) < 4.78 is 20.7. The van der Waals surface area contributed by atoms with Gasteiger partial charge in [-0.05, 0) is 42.3 Å². The molecule has 2 aromatic rings. The first-order chi connectivity index (χ1) is 14.1. The Morgan fingerprint density at radius 2 is 1.83 bits per heavy atom. The van der Waals surface area contributed by atoms with Gasteiger partial charge in [0.15, 0.2) is 11.5 Å². The van der Waals surface area contributed by atoms with Gasteiger partial charge in [0.25, 0.3) is 0 Å². The zero-order chi connectivity index (χ0) is 21.1. The van der Waals surface area contributed by atoms with Gasteiger partial charge in [-0.1, -0.05) is 24.3 Å². The summed E-state index contributed by atoms with van der Waals surface area (Å²) in [5.74, 6) is 0.134. The minimum absolute atomic E-state index is 0.155. The second kappa shape index (κ2) is 11.1. The van der Waals surface area contributed by atoms with Gasteiger partial charge >= 0.3 is 11.9 Å². The molecule has 0 aliphatic heterocycles. The average molecular weight is 395 g/mol. The fourth-order valence-electron chi connectivity index (χ4n) is 2.37. The van der Waals surface area contributed by atoms with Crippen molar-refractivity contribution >= 4 is 18.0 Å². The van der Waals surface area contributed by atoms with Crippen LogP contribution in [0.2, 0.25) is 0 Å². The molecular weight excluding hydrogens is 374 g/mol. The molecule has 2 rings (SSSR count). The number of nitrogens with zero attached hydrogens (tertiary/aromatic N) is 1. The Morgan fingerprint density at radius 3 is 2.48 bits per heavy atom. The fourth-order valence-corrected chi connectivity index (χ4v) is 2.37.